The summed E-state index contributed by atoms with van der Waals surface area (Å²) in [6, 6.07) is 5.18. The molecule has 0 bridgehead atoms. The van der Waals surface area contributed by atoms with Crippen molar-refractivity contribution < 1.29 is 22.7 Å². The first-order valence-corrected chi connectivity index (χ1v) is 8.73. The van der Waals surface area contributed by atoms with Crippen molar-refractivity contribution in [2.45, 2.75) is 26.6 Å². The lowest BCUT2D eigenvalue weighted by molar-refractivity contribution is -0.141. The van der Waals surface area contributed by atoms with Crippen molar-refractivity contribution in [3.8, 4) is 0 Å². The number of pyridine rings is 1. The first kappa shape index (κ1) is 21.7. The van der Waals surface area contributed by atoms with E-state index in [9.17, 15) is 18.0 Å². The van der Waals surface area contributed by atoms with E-state index in [1.165, 1.54) is 12.1 Å². The van der Waals surface area contributed by atoms with Crippen LogP contribution in [0.3, 0.4) is 0 Å². The average Bonchev–Trinajstić information content (AvgIpc) is 2.65. The van der Waals surface area contributed by atoms with Crippen molar-refractivity contribution in [1.29, 1.82) is 0 Å². The van der Waals surface area contributed by atoms with Crippen LogP contribution in [-0.4, -0.2) is 35.8 Å². The number of hydrogen-bond donors (Lipinski definition) is 0. The maximum absolute atomic E-state index is 12.5. The molecule has 0 saturated carbocycles. The molecule has 2 rings (SSSR count). The third kappa shape index (κ3) is 5.69. The number of aryl methyl sites for hydroxylation is 1. The second-order valence-electron chi connectivity index (χ2n) is 6.06. The molecule has 0 radical (unpaired) electrons. The molecule has 0 aliphatic carbocycles. The lowest BCUT2D eigenvalue weighted by Crippen LogP contribution is -2.14. The van der Waals surface area contributed by atoms with Crippen molar-refractivity contribution >= 4 is 29.6 Å². The SMILES string of the molecule is CCN(C)/C=N/c1cc(C)c(C(=O)OCc2ccc(C(F)(F)F)nc2)cc1Cl. The molecule has 5 nitrogen and oxygen atoms in total. The summed E-state index contributed by atoms with van der Waals surface area (Å²) >= 11 is 6.19. The molecule has 1 aromatic heterocycles. The quantitative estimate of drug-likeness (QED) is 0.378. The van der Waals surface area contributed by atoms with E-state index in [-0.39, 0.29) is 17.2 Å². The lowest BCUT2D eigenvalue weighted by Gasteiger charge is -2.11. The van der Waals surface area contributed by atoms with E-state index in [1.54, 1.807) is 19.3 Å². The van der Waals surface area contributed by atoms with Crippen LogP contribution in [0.1, 0.15) is 34.1 Å². The van der Waals surface area contributed by atoms with Gasteiger partial charge in [-0.1, -0.05) is 17.7 Å². The zero-order valence-electron chi connectivity index (χ0n) is 15.5. The third-order valence-corrected chi connectivity index (χ3v) is 4.19. The highest BCUT2D eigenvalue weighted by atomic mass is 35.5. The monoisotopic (exact) mass is 413 g/mol. The molecular weight excluding hydrogens is 395 g/mol. The van der Waals surface area contributed by atoms with E-state index in [0.29, 0.717) is 16.8 Å². The molecule has 0 atom stereocenters. The van der Waals surface area contributed by atoms with Crippen molar-refractivity contribution in [3.05, 3.63) is 57.9 Å². The number of nitrogens with zero attached hydrogens (tertiary/aromatic N) is 3. The second-order valence-corrected chi connectivity index (χ2v) is 6.47. The largest absolute Gasteiger partial charge is 0.457 e. The van der Waals surface area contributed by atoms with Gasteiger partial charge in [0, 0.05) is 25.4 Å². The molecule has 0 fully saturated rings. The molecule has 28 heavy (non-hydrogen) atoms. The predicted octanol–water partition coefficient (Wildman–Crippen LogP) is 5.03. The number of hydrogen-bond acceptors (Lipinski definition) is 4. The van der Waals surface area contributed by atoms with Gasteiger partial charge in [-0.15, -0.1) is 0 Å². The number of alkyl halides is 3. The summed E-state index contributed by atoms with van der Waals surface area (Å²) in [6.07, 6.45) is -1.85. The summed E-state index contributed by atoms with van der Waals surface area (Å²) in [5.41, 5.74) is 0.728. The Morgan fingerprint density at radius 3 is 2.64 bits per heavy atom. The van der Waals surface area contributed by atoms with Gasteiger partial charge in [-0.25, -0.2) is 9.79 Å². The van der Waals surface area contributed by atoms with Crippen LogP contribution in [0, 0.1) is 6.92 Å². The van der Waals surface area contributed by atoms with E-state index in [0.717, 1.165) is 18.8 Å². The van der Waals surface area contributed by atoms with E-state index < -0.39 is 17.8 Å². The van der Waals surface area contributed by atoms with Crippen molar-refractivity contribution in [3.63, 3.8) is 0 Å². The van der Waals surface area contributed by atoms with Gasteiger partial charge < -0.3 is 9.64 Å². The van der Waals surface area contributed by atoms with Gasteiger partial charge >= 0.3 is 12.1 Å². The fourth-order valence-corrected chi connectivity index (χ4v) is 2.34. The Morgan fingerprint density at radius 1 is 1.36 bits per heavy atom. The smallest absolute Gasteiger partial charge is 0.433 e. The molecule has 0 N–H and O–H groups in total. The third-order valence-electron chi connectivity index (χ3n) is 3.89. The van der Waals surface area contributed by atoms with E-state index in [2.05, 4.69) is 9.98 Å². The predicted molar refractivity (Wildman–Crippen MR) is 101 cm³/mol. The van der Waals surface area contributed by atoms with Gasteiger partial charge in [-0.05, 0) is 37.6 Å². The van der Waals surface area contributed by atoms with E-state index in [4.69, 9.17) is 16.3 Å². The molecular formula is C19H19ClF3N3O2. The highest BCUT2D eigenvalue weighted by Crippen LogP contribution is 2.29. The number of ether oxygens (including phenoxy) is 1. The molecule has 9 heteroatoms. The van der Waals surface area contributed by atoms with Crippen molar-refractivity contribution in [2.75, 3.05) is 13.6 Å². The van der Waals surface area contributed by atoms with Crippen LogP contribution >= 0.6 is 11.6 Å². The highest BCUT2D eigenvalue weighted by molar-refractivity contribution is 6.33. The summed E-state index contributed by atoms with van der Waals surface area (Å²) < 4.78 is 42.7. The maximum atomic E-state index is 12.5. The molecule has 1 heterocycles. The molecule has 150 valence electrons. The molecule has 2 aromatic rings. The Balaban J connectivity index is 2.08. The van der Waals surface area contributed by atoms with Gasteiger partial charge in [-0.2, -0.15) is 13.2 Å². The summed E-state index contributed by atoms with van der Waals surface area (Å²) in [4.78, 5) is 21.8. The normalized spacial score (nSPS) is 11.7. The van der Waals surface area contributed by atoms with Crippen LogP contribution in [0.4, 0.5) is 18.9 Å². The Hall–Kier alpha value is -2.61. The Labute approximate surface area is 165 Å². The molecule has 0 aliphatic rings. The zero-order valence-corrected chi connectivity index (χ0v) is 16.3. The number of benzene rings is 1. The highest BCUT2D eigenvalue weighted by Gasteiger charge is 2.32. The van der Waals surface area contributed by atoms with Crippen LogP contribution in [-0.2, 0) is 17.5 Å². The van der Waals surface area contributed by atoms with Gasteiger partial charge in [0.1, 0.15) is 12.3 Å². The minimum absolute atomic E-state index is 0.206. The minimum Gasteiger partial charge on any atom is -0.457 e. The Bertz CT molecular complexity index is 868. The van der Waals surface area contributed by atoms with Crippen LogP contribution in [0.25, 0.3) is 0 Å². The molecule has 0 unspecified atom stereocenters. The number of carbonyl (C=O) groups excluding carboxylic acids is 1. The molecule has 0 amide bonds. The van der Waals surface area contributed by atoms with Gasteiger partial charge in [0.15, 0.2) is 0 Å². The summed E-state index contributed by atoms with van der Waals surface area (Å²) in [5, 5.41) is 0.287. The molecule has 0 saturated heterocycles. The minimum atomic E-state index is -4.51. The van der Waals surface area contributed by atoms with Gasteiger partial charge in [-0.3, -0.25) is 4.98 Å². The number of esters is 1. The first-order chi connectivity index (χ1) is 13.1. The van der Waals surface area contributed by atoms with Crippen LogP contribution < -0.4 is 0 Å². The fourth-order valence-electron chi connectivity index (χ4n) is 2.13. The summed E-state index contributed by atoms with van der Waals surface area (Å²) in [6.45, 7) is 4.27. The van der Waals surface area contributed by atoms with Crippen molar-refractivity contribution in [1.82, 2.24) is 9.88 Å². The Morgan fingerprint density at radius 2 is 2.07 bits per heavy atom. The number of aromatic nitrogens is 1. The number of aliphatic imine (C=N–C) groups is 1. The number of carbonyl (C=O) groups is 1. The average molecular weight is 414 g/mol. The fraction of sp³-hybridized carbons (Fsp3) is 0.316. The van der Waals surface area contributed by atoms with Crippen LogP contribution in [0.5, 0.6) is 0 Å². The van der Waals surface area contributed by atoms with Gasteiger partial charge in [0.25, 0.3) is 0 Å². The summed E-state index contributed by atoms with van der Waals surface area (Å²) in [5.74, 6) is -0.638. The van der Waals surface area contributed by atoms with E-state index >= 15 is 0 Å². The van der Waals surface area contributed by atoms with Gasteiger partial charge in [0.2, 0.25) is 0 Å². The first-order valence-electron chi connectivity index (χ1n) is 8.35. The van der Waals surface area contributed by atoms with Crippen LogP contribution in [0.15, 0.2) is 35.5 Å². The van der Waals surface area contributed by atoms with Crippen molar-refractivity contribution in [2.24, 2.45) is 4.99 Å². The second kappa shape index (κ2) is 9.05. The topological polar surface area (TPSA) is 54.8 Å². The standard InChI is InChI=1S/C19H19ClF3N3O2/c1-4-26(3)11-25-16-7-12(2)14(8-15(16)20)18(27)28-10-13-5-6-17(24-9-13)19(21,22)23/h5-9,11H,4,10H2,1-3H3/b25-11+. The molecule has 0 aliphatic heterocycles. The number of halogens is 4. The zero-order chi connectivity index (χ0) is 20.9. The number of rotatable bonds is 6. The Kier molecular flexibility index (Phi) is 7.01. The summed E-state index contributed by atoms with van der Waals surface area (Å²) in [7, 11) is 1.87. The molecule has 1 aromatic carbocycles. The lowest BCUT2D eigenvalue weighted by atomic mass is 10.1. The van der Waals surface area contributed by atoms with E-state index in [1.807, 2.05) is 18.9 Å². The maximum Gasteiger partial charge on any atom is 0.433 e. The molecule has 0 spiro atoms. The van der Waals surface area contributed by atoms with Crippen LogP contribution in [0.2, 0.25) is 5.02 Å². The van der Waals surface area contributed by atoms with Gasteiger partial charge in [0.05, 0.1) is 22.6 Å².